The van der Waals surface area contributed by atoms with Crippen LogP contribution >= 0.6 is 0 Å². The zero-order valence-corrected chi connectivity index (χ0v) is 14.2. The van der Waals surface area contributed by atoms with Gasteiger partial charge >= 0.3 is 0 Å². The van der Waals surface area contributed by atoms with Gasteiger partial charge in [-0.15, -0.1) is 0 Å². The smallest absolute Gasteiger partial charge is 0.127 e. The van der Waals surface area contributed by atoms with E-state index >= 15 is 0 Å². The Labute approximate surface area is 152 Å². The van der Waals surface area contributed by atoms with Crippen LogP contribution in [0.5, 0.6) is 17.2 Å². The Morgan fingerprint density at radius 1 is 0.923 bits per heavy atom. The summed E-state index contributed by atoms with van der Waals surface area (Å²) in [5.41, 5.74) is 2.23. The molecule has 0 amide bonds. The molecule has 3 aromatic rings. The Hall–Kier alpha value is -3.47. The van der Waals surface area contributed by atoms with Gasteiger partial charge in [0.25, 0.3) is 0 Å². The van der Waals surface area contributed by atoms with Crippen LogP contribution in [0.3, 0.4) is 0 Å². The first-order chi connectivity index (χ1) is 12.7. The molecular weight excluding hydrogens is 326 g/mol. The Kier molecular flexibility index (Phi) is 5.72. The van der Waals surface area contributed by atoms with E-state index in [9.17, 15) is 0 Å². The summed E-state index contributed by atoms with van der Waals surface area (Å²) in [5, 5.41) is 14.9. The third-order valence-electron chi connectivity index (χ3n) is 3.70. The minimum absolute atomic E-state index is 0.334. The number of rotatable bonds is 8. The minimum Gasteiger partial charge on any atom is -0.489 e. The van der Waals surface area contributed by atoms with Crippen LogP contribution < -0.4 is 9.47 Å². The van der Waals surface area contributed by atoms with E-state index in [1.165, 1.54) is 6.21 Å². The third-order valence-corrected chi connectivity index (χ3v) is 3.70. The molecule has 1 aromatic heterocycles. The number of hydrogen-bond donors (Lipinski definition) is 2. The molecule has 0 aliphatic rings. The average Bonchev–Trinajstić information content (AvgIpc) is 2.69. The van der Waals surface area contributed by atoms with Gasteiger partial charge in [-0.1, -0.05) is 6.07 Å². The Bertz CT molecular complexity index is 860. The molecule has 0 atom stereocenters. The van der Waals surface area contributed by atoms with Crippen LogP contribution in [-0.4, -0.2) is 16.9 Å². The Balaban J connectivity index is 1.57. The van der Waals surface area contributed by atoms with Gasteiger partial charge in [0.2, 0.25) is 0 Å². The van der Waals surface area contributed by atoms with E-state index < -0.39 is 0 Å². The molecule has 3 rings (SSSR count). The fourth-order valence-electron chi connectivity index (χ4n) is 2.33. The lowest BCUT2D eigenvalue weighted by Gasteiger charge is -2.09. The summed E-state index contributed by atoms with van der Waals surface area (Å²) < 4.78 is 11.5. The van der Waals surface area contributed by atoms with Crippen molar-refractivity contribution in [2.45, 2.75) is 13.0 Å². The molecule has 0 saturated heterocycles. The van der Waals surface area contributed by atoms with Crippen molar-refractivity contribution in [2.75, 3.05) is 0 Å². The number of hydrogen-bond acceptors (Lipinski definition) is 5. The molecule has 0 unspecified atom stereocenters. The third kappa shape index (κ3) is 4.77. The standard InChI is InChI=1S/C21H19N3O2/c22-12-11-21(23)17-3-5-19(6-4-17)26-20-9-7-18(8-10-20)25-15-16-2-1-13-24-14-16/h1-10,12-14,22-23H,11,15H2. The highest BCUT2D eigenvalue weighted by Gasteiger charge is 2.03. The van der Waals surface area contributed by atoms with E-state index in [1.54, 1.807) is 12.4 Å². The van der Waals surface area contributed by atoms with Crippen molar-refractivity contribution in [3.63, 3.8) is 0 Å². The fraction of sp³-hybridized carbons (Fsp3) is 0.0952. The molecule has 5 heteroatoms. The van der Waals surface area contributed by atoms with Crippen molar-refractivity contribution in [3.05, 3.63) is 84.2 Å². The predicted octanol–water partition coefficient (Wildman–Crippen LogP) is 4.86. The number of aromatic nitrogens is 1. The van der Waals surface area contributed by atoms with E-state index in [1.807, 2.05) is 60.7 Å². The zero-order chi connectivity index (χ0) is 18.2. The normalized spacial score (nSPS) is 10.2. The van der Waals surface area contributed by atoms with Crippen LogP contribution in [-0.2, 0) is 6.61 Å². The van der Waals surface area contributed by atoms with Crippen LogP contribution in [0.15, 0.2) is 73.1 Å². The van der Waals surface area contributed by atoms with Crippen molar-refractivity contribution >= 4 is 11.9 Å². The zero-order valence-electron chi connectivity index (χ0n) is 14.2. The lowest BCUT2D eigenvalue weighted by Crippen LogP contribution is -1.98. The second-order valence-corrected chi connectivity index (χ2v) is 5.63. The molecule has 1 heterocycles. The van der Waals surface area contributed by atoms with Crippen LogP contribution in [0.2, 0.25) is 0 Å². The molecule has 0 aliphatic carbocycles. The van der Waals surface area contributed by atoms with Gasteiger partial charge < -0.3 is 20.3 Å². The molecule has 2 aromatic carbocycles. The van der Waals surface area contributed by atoms with Crippen LogP contribution in [0.1, 0.15) is 17.5 Å². The molecule has 0 bridgehead atoms. The quantitative estimate of drug-likeness (QED) is 0.572. The maximum Gasteiger partial charge on any atom is 0.127 e. The van der Waals surface area contributed by atoms with Crippen molar-refractivity contribution < 1.29 is 9.47 Å². The summed E-state index contributed by atoms with van der Waals surface area (Å²) in [6, 6.07) is 18.6. The van der Waals surface area contributed by atoms with Crippen LogP contribution in [0, 0.1) is 10.8 Å². The Morgan fingerprint density at radius 2 is 1.58 bits per heavy atom. The van der Waals surface area contributed by atoms with Gasteiger partial charge in [-0.25, -0.2) is 0 Å². The molecule has 0 spiro atoms. The van der Waals surface area contributed by atoms with Gasteiger partial charge in [0.05, 0.1) is 0 Å². The van der Waals surface area contributed by atoms with Gasteiger partial charge in [0.1, 0.15) is 23.9 Å². The number of nitrogens with zero attached hydrogens (tertiary/aromatic N) is 1. The lowest BCUT2D eigenvalue weighted by molar-refractivity contribution is 0.305. The number of benzene rings is 2. The first-order valence-corrected chi connectivity index (χ1v) is 8.21. The first-order valence-electron chi connectivity index (χ1n) is 8.21. The number of pyridine rings is 1. The maximum absolute atomic E-state index is 7.84. The average molecular weight is 345 g/mol. The molecule has 0 fully saturated rings. The highest BCUT2D eigenvalue weighted by atomic mass is 16.5. The summed E-state index contributed by atoms with van der Waals surface area (Å²) in [6.45, 7) is 0.469. The van der Waals surface area contributed by atoms with Crippen molar-refractivity contribution in [1.29, 1.82) is 10.8 Å². The molecule has 0 aliphatic heterocycles. The molecule has 5 nitrogen and oxygen atoms in total. The van der Waals surface area contributed by atoms with Crippen molar-refractivity contribution in [2.24, 2.45) is 0 Å². The predicted molar refractivity (Wildman–Crippen MR) is 102 cm³/mol. The minimum atomic E-state index is 0.334. The second-order valence-electron chi connectivity index (χ2n) is 5.63. The maximum atomic E-state index is 7.84. The Morgan fingerprint density at radius 3 is 2.19 bits per heavy atom. The van der Waals surface area contributed by atoms with Crippen molar-refractivity contribution in [3.8, 4) is 17.2 Å². The van der Waals surface area contributed by atoms with Crippen molar-refractivity contribution in [1.82, 2.24) is 4.98 Å². The van der Waals surface area contributed by atoms with E-state index in [4.69, 9.17) is 20.3 Å². The first kappa shape index (κ1) is 17.4. The molecule has 0 radical (unpaired) electrons. The summed E-state index contributed by atoms with van der Waals surface area (Å²) >= 11 is 0. The largest absolute Gasteiger partial charge is 0.489 e. The SMILES string of the molecule is N=CCC(=N)c1ccc(Oc2ccc(OCc3cccnc3)cc2)cc1. The summed E-state index contributed by atoms with van der Waals surface area (Å²) in [6.07, 6.45) is 5.08. The fourth-order valence-corrected chi connectivity index (χ4v) is 2.33. The molecular formula is C21H19N3O2. The van der Waals surface area contributed by atoms with Gasteiger partial charge in [0.15, 0.2) is 0 Å². The lowest BCUT2D eigenvalue weighted by atomic mass is 10.1. The van der Waals surface area contributed by atoms with E-state index in [-0.39, 0.29) is 0 Å². The van der Waals surface area contributed by atoms with Crippen LogP contribution in [0.4, 0.5) is 0 Å². The van der Waals surface area contributed by atoms with Gasteiger partial charge in [-0.05, 0) is 60.2 Å². The van der Waals surface area contributed by atoms with Gasteiger partial charge in [-0.3, -0.25) is 4.98 Å². The topological polar surface area (TPSA) is 79.1 Å². The number of ether oxygens (including phenoxy) is 2. The molecule has 2 N–H and O–H groups in total. The van der Waals surface area contributed by atoms with E-state index in [2.05, 4.69) is 4.98 Å². The van der Waals surface area contributed by atoms with Gasteiger partial charge in [0, 0.05) is 36.3 Å². The highest BCUT2D eigenvalue weighted by molar-refractivity contribution is 6.04. The van der Waals surface area contributed by atoms with E-state index in [0.717, 1.165) is 16.9 Å². The molecule has 130 valence electrons. The summed E-state index contributed by atoms with van der Waals surface area (Å²) in [5.74, 6) is 2.16. The summed E-state index contributed by atoms with van der Waals surface area (Å²) in [7, 11) is 0. The second kappa shape index (κ2) is 8.58. The monoisotopic (exact) mass is 345 g/mol. The highest BCUT2D eigenvalue weighted by Crippen LogP contribution is 2.24. The number of nitrogens with one attached hydrogen (secondary N) is 2. The molecule has 0 saturated carbocycles. The molecule has 26 heavy (non-hydrogen) atoms. The van der Waals surface area contributed by atoms with Crippen LogP contribution in [0.25, 0.3) is 0 Å². The van der Waals surface area contributed by atoms with E-state index in [0.29, 0.717) is 30.2 Å². The van der Waals surface area contributed by atoms with Gasteiger partial charge in [-0.2, -0.15) is 0 Å². The summed E-state index contributed by atoms with van der Waals surface area (Å²) in [4.78, 5) is 4.06.